The van der Waals surface area contributed by atoms with Crippen molar-refractivity contribution in [1.29, 1.82) is 0 Å². The molecule has 0 rings (SSSR count). The molecule has 0 aromatic rings. The molecule has 0 radical (unpaired) electrons. The Morgan fingerprint density at radius 2 is 0.438 bits per heavy atom. The van der Waals surface area contributed by atoms with E-state index in [1.54, 1.807) is 0 Å². The molecule has 0 aromatic heterocycles. The van der Waals surface area contributed by atoms with Crippen LogP contribution in [0.4, 0.5) is 0 Å². The molecule has 0 saturated heterocycles. The van der Waals surface area contributed by atoms with Crippen LogP contribution in [0.2, 0.25) is 0 Å². The molecule has 0 spiro atoms. The van der Waals surface area contributed by atoms with Crippen LogP contribution in [0.5, 0.6) is 0 Å². The van der Waals surface area contributed by atoms with Gasteiger partial charge in [-0.1, -0.05) is 338 Å². The van der Waals surface area contributed by atoms with Gasteiger partial charge in [0.05, 0.1) is 26.4 Å². The molecule has 2 unspecified atom stereocenters. The fourth-order valence-electron chi connectivity index (χ4n) is 11.7. The molecule has 96 heavy (non-hydrogen) atoms. The maximum atomic E-state index is 13.1. The average molecular weight is 1410 g/mol. The molecule has 0 bridgehead atoms. The SMILES string of the molecule is CC(C)CCCCCCCCCCCCCCCCC(=O)O[C@H](COC(=O)CCCCCCCCCCCCCCC(C)C)COP(=O)(O)OC[C@@H](O)COP(=O)(O)OC[C@@H](COC(=O)CCCCCCCCCCCC(C)C)OC(=O)CCCCCCCCCCCC(C)C. The van der Waals surface area contributed by atoms with Gasteiger partial charge in [0.25, 0.3) is 0 Å². The van der Waals surface area contributed by atoms with E-state index in [1.807, 2.05) is 0 Å². The van der Waals surface area contributed by atoms with Crippen molar-refractivity contribution in [3.05, 3.63) is 0 Å². The van der Waals surface area contributed by atoms with Gasteiger partial charge in [-0.25, -0.2) is 9.13 Å². The lowest BCUT2D eigenvalue weighted by molar-refractivity contribution is -0.161. The highest BCUT2D eigenvalue weighted by Gasteiger charge is 2.30. The van der Waals surface area contributed by atoms with Crippen LogP contribution in [-0.2, 0) is 65.4 Å². The summed E-state index contributed by atoms with van der Waals surface area (Å²) in [5, 5.41) is 10.6. The quantitative estimate of drug-likeness (QED) is 0.0222. The zero-order valence-corrected chi connectivity index (χ0v) is 64.8. The summed E-state index contributed by atoms with van der Waals surface area (Å²) in [4.78, 5) is 72.9. The molecule has 0 aliphatic heterocycles. The van der Waals surface area contributed by atoms with Crippen LogP contribution >= 0.6 is 15.6 Å². The number of unbranched alkanes of at least 4 members (excludes halogenated alkanes) is 40. The van der Waals surface area contributed by atoms with E-state index in [1.165, 1.54) is 193 Å². The second-order valence-electron chi connectivity index (χ2n) is 29.7. The van der Waals surface area contributed by atoms with E-state index in [0.717, 1.165) is 114 Å². The molecule has 19 heteroatoms. The van der Waals surface area contributed by atoms with E-state index >= 15 is 0 Å². The molecule has 0 aliphatic carbocycles. The lowest BCUT2D eigenvalue weighted by Crippen LogP contribution is -2.30. The summed E-state index contributed by atoms with van der Waals surface area (Å²) in [6, 6.07) is 0. The predicted molar refractivity (Wildman–Crippen MR) is 391 cm³/mol. The summed E-state index contributed by atoms with van der Waals surface area (Å²) in [6.45, 7) is 14.2. The van der Waals surface area contributed by atoms with Gasteiger partial charge in [-0.3, -0.25) is 37.3 Å². The van der Waals surface area contributed by atoms with Crippen LogP contribution in [-0.4, -0.2) is 96.7 Å². The minimum atomic E-state index is -4.96. The first-order valence-corrected chi connectivity index (χ1v) is 42.7. The van der Waals surface area contributed by atoms with E-state index in [-0.39, 0.29) is 25.7 Å². The number of phosphoric acid groups is 2. The van der Waals surface area contributed by atoms with E-state index in [4.69, 9.17) is 37.0 Å². The number of ether oxygens (including phenoxy) is 4. The van der Waals surface area contributed by atoms with Crippen molar-refractivity contribution < 1.29 is 80.2 Å². The molecule has 0 saturated carbocycles. The first-order chi connectivity index (χ1) is 46.1. The molecular weight excluding hydrogens is 1260 g/mol. The molecule has 0 amide bonds. The number of rotatable bonds is 74. The molecule has 570 valence electrons. The highest BCUT2D eigenvalue weighted by Crippen LogP contribution is 2.45. The summed E-state index contributed by atoms with van der Waals surface area (Å²) >= 11 is 0. The molecule has 5 atom stereocenters. The van der Waals surface area contributed by atoms with Gasteiger partial charge in [-0.15, -0.1) is 0 Å². The normalized spacial score (nSPS) is 14.1. The first kappa shape index (κ1) is 94.1. The Balaban J connectivity index is 5.26. The lowest BCUT2D eigenvalue weighted by Gasteiger charge is -2.21. The van der Waals surface area contributed by atoms with Crippen molar-refractivity contribution in [2.24, 2.45) is 23.7 Å². The topological polar surface area (TPSA) is 237 Å². The zero-order chi connectivity index (χ0) is 71.0. The summed E-state index contributed by atoms with van der Waals surface area (Å²) < 4.78 is 68.6. The fourth-order valence-corrected chi connectivity index (χ4v) is 13.3. The maximum absolute atomic E-state index is 13.1. The fraction of sp³-hybridized carbons (Fsp3) is 0.948. The van der Waals surface area contributed by atoms with E-state index < -0.39 is 97.5 Å². The third kappa shape index (κ3) is 70.5. The Kier molecular flexibility index (Phi) is 65.0. The second-order valence-corrected chi connectivity index (χ2v) is 32.6. The maximum Gasteiger partial charge on any atom is 0.472 e. The lowest BCUT2D eigenvalue weighted by atomic mass is 10.0. The van der Waals surface area contributed by atoms with Crippen molar-refractivity contribution in [2.75, 3.05) is 39.6 Å². The average Bonchev–Trinajstić information content (AvgIpc) is 1.15. The highest BCUT2D eigenvalue weighted by molar-refractivity contribution is 7.47. The third-order valence-electron chi connectivity index (χ3n) is 17.8. The standard InChI is InChI=1S/C77H150O17P2/c1-67(2)53-45-37-29-21-15-11-9-10-12-18-26-35-43-51-59-76(81)93-72(63-87-74(79)57-49-41-33-25-17-14-13-16-22-30-38-46-54-68(3)4)65-91-95(83,84)89-61-71(78)62-90-96(85,86)92-66-73(94-77(82)60-52-44-36-28-20-24-32-40-48-56-70(7)8)64-88-75(80)58-50-42-34-27-19-23-31-39-47-55-69(5)6/h67-73,78H,9-66H2,1-8H3,(H,83,84)(H,85,86)/t71-,72-,73-/m1/s1. The number of aliphatic hydroxyl groups is 1. The molecule has 0 aromatic carbocycles. The van der Waals surface area contributed by atoms with E-state index in [2.05, 4.69) is 55.4 Å². The molecule has 17 nitrogen and oxygen atoms in total. The van der Waals surface area contributed by atoms with Gasteiger partial charge in [0.2, 0.25) is 0 Å². The van der Waals surface area contributed by atoms with Crippen LogP contribution in [0.3, 0.4) is 0 Å². The molecule has 0 aliphatic rings. The van der Waals surface area contributed by atoms with Crippen LogP contribution in [0.15, 0.2) is 0 Å². The van der Waals surface area contributed by atoms with Crippen molar-refractivity contribution in [1.82, 2.24) is 0 Å². The third-order valence-corrected chi connectivity index (χ3v) is 19.7. The Labute approximate surface area is 588 Å². The van der Waals surface area contributed by atoms with Crippen LogP contribution in [0.25, 0.3) is 0 Å². The minimum Gasteiger partial charge on any atom is -0.462 e. The van der Waals surface area contributed by atoms with E-state index in [0.29, 0.717) is 25.7 Å². The minimum absolute atomic E-state index is 0.105. The Hall–Kier alpha value is -1.94. The Morgan fingerprint density at radius 3 is 0.646 bits per heavy atom. The first-order valence-electron chi connectivity index (χ1n) is 39.7. The van der Waals surface area contributed by atoms with Gasteiger partial charge in [0, 0.05) is 25.7 Å². The van der Waals surface area contributed by atoms with Crippen LogP contribution in [0.1, 0.15) is 389 Å². The predicted octanol–water partition coefficient (Wildman–Crippen LogP) is 22.4. The zero-order valence-electron chi connectivity index (χ0n) is 63.0. The second kappa shape index (κ2) is 66.3. The van der Waals surface area contributed by atoms with Gasteiger partial charge in [-0.2, -0.15) is 0 Å². The highest BCUT2D eigenvalue weighted by atomic mass is 31.2. The number of esters is 4. The summed E-state index contributed by atoms with van der Waals surface area (Å²) in [5.74, 6) is 0.938. The number of aliphatic hydroxyl groups excluding tert-OH is 1. The summed E-state index contributed by atoms with van der Waals surface area (Å²) in [5.41, 5.74) is 0. The van der Waals surface area contributed by atoms with Gasteiger partial charge in [0.15, 0.2) is 12.2 Å². The Morgan fingerprint density at radius 1 is 0.260 bits per heavy atom. The molecule has 3 N–H and O–H groups in total. The number of hydrogen-bond acceptors (Lipinski definition) is 15. The Bertz CT molecular complexity index is 1880. The number of phosphoric ester groups is 2. The van der Waals surface area contributed by atoms with Crippen molar-refractivity contribution in [2.45, 2.75) is 408 Å². The number of carbonyl (C=O) groups excluding carboxylic acids is 4. The van der Waals surface area contributed by atoms with Gasteiger partial charge in [-0.05, 0) is 49.4 Å². The van der Waals surface area contributed by atoms with Crippen molar-refractivity contribution in [3.8, 4) is 0 Å². The largest absolute Gasteiger partial charge is 0.472 e. The van der Waals surface area contributed by atoms with Crippen molar-refractivity contribution >= 4 is 39.5 Å². The number of carbonyl (C=O) groups is 4. The molecular formula is C77H150O17P2. The van der Waals surface area contributed by atoms with Crippen LogP contribution in [0, 0.1) is 23.7 Å². The molecule has 0 heterocycles. The summed E-state index contributed by atoms with van der Waals surface area (Å²) in [7, 11) is -9.92. The van der Waals surface area contributed by atoms with Gasteiger partial charge >= 0.3 is 39.5 Å². The van der Waals surface area contributed by atoms with Crippen LogP contribution < -0.4 is 0 Å². The van der Waals surface area contributed by atoms with Crippen molar-refractivity contribution in [3.63, 3.8) is 0 Å². The summed E-state index contributed by atoms with van der Waals surface area (Å²) in [6.07, 6.45) is 51.3. The number of hydrogen-bond donors (Lipinski definition) is 3. The smallest absolute Gasteiger partial charge is 0.462 e. The monoisotopic (exact) mass is 1410 g/mol. The van der Waals surface area contributed by atoms with Gasteiger partial charge in [0.1, 0.15) is 19.3 Å². The van der Waals surface area contributed by atoms with Gasteiger partial charge < -0.3 is 33.8 Å². The molecule has 0 fully saturated rings. The van der Waals surface area contributed by atoms with E-state index in [9.17, 15) is 43.2 Å².